The van der Waals surface area contributed by atoms with Crippen LogP contribution in [0.5, 0.6) is 0 Å². The van der Waals surface area contributed by atoms with Crippen LogP contribution in [0.3, 0.4) is 0 Å². The van der Waals surface area contributed by atoms with Crippen molar-refractivity contribution in [3.63, 3.8) is 0 Å². The predicted octanol–water partition coefficient (Wildman–Crippen LogP) is 8.85. The van der Waals surface area contributed by atoms with Crippen molar-refractivity contribution < 1.29 is 4.39 Å². The Hall–Kier alpha value is -1.86. The summed E-state index contributed by atoms with van der Waals surface area (Å²) in [5, 5.41) is 0. The van der Waals surface area contributed by atoms with Gasteiger partial charge in [0.2, 0.25) is 0 Å². The summed E-state index contributed by atoms with van der Waals surface area (Å²) >= 11 is 6.93. The molecule has 0 bridgehead atoms. The summed E-state index contributed by atoms with van der Waals surface area (Å²) in [7, 11) is 0. The van der Waals surface area contributed by atoms with E-state index in [1.54, 1.807) is 6.07 Å². The fraction of sp³-hybridized carbons (Fsp3) is 0.448. The molecule has 0 radical (unpaired) electrons. The van der Waals surface area contributed by atoms with E-state index < -0.39 is 0 Å². The Balaban J connectivity index is 1.25. The Kier molecular flexibility index (Phi) is 7.33. The van der Waals surface area contributed by atoms with Gasteiger partial charge in [0.05, 0.1) is 4.87 Å². The molecule has 0 amide bonds. The fourth-order valence-corrected chi connectivity index (χ4v) is 5.46. The van der Waals surface area contributed by atoms with Gasteiger partial charge in [-0.1, -0.05) is 74.0 Å². The van der Waals surface area contributed by atoms with Crippen LogP contribution in [-0.4, -0.2) is 4.87 Å². The van der Waals surface area contributed by atoms with Crippen LogP contribution in [0.1, 0.15) is 80.9 Å². The predicted molar refractivity (Wildman–Crippen MR) is 131 cm³/mol. The summed E-state index contributed by atoms with van der Waals surface area (Å²) in [5.74, 6) is 1.33. The van der Waals surface area contributed by atoms with Gasteiger partial charge < -0.3 is 0 Å². The van der Waals surface area contributed by atoms with E-state index in [2.05, 4.69) is 43.3 Å². The van der Waals surface area contributed by atoms with E-state index in [0.29, 0.717) is 5.56 Å². The number of halogens is 2. The molecule has 0 saturated heterocycles. The van der Waals surface area contributed by atoms with E-state index in [9.17, 15) is 4.39 Å². The fourth-order valence-electron chi connectivity index (χ4n) is 5.21. The number of rotatable bonds is 7. The first-order valence-corrected chi connectivity index (χ1v) is 12.4. The van der Waals surface area contributed by atoms with E-state index in [-0.39, 0.29) is 10.7 Å². The van der Waals surface area contributed by atoms with Crippen LogP contribution in [-0.2, 0) is 6.42 Å². The molecule has 0 heterocycles. The molecule has 1 fully saturated rings. The smallest absolute Gasteiger partial charge is 0.131 e. The molecule has 0 spiro atoms. The minimum atomic E-state index is -0.319. The molecule has 2 heteroatoms. The first kappa shape index (κ1) is 22.3. The number of alkyl halides is 1. The van der Waals surface area contributed by atoms with Crippen LogP contribution in [0.4, 0.5) is 4.39 Å². The van der Waals surface area contributed by atoms with Gasteiger partial charge in [0.1, 0.15) is 5.82 Å². The van der Waals surface area contributed by atoms with Crippen molar-refractivity contribution in [2.75, 3.05) is 0 Å². The highest BCUT2D eigenvalue weighted by atomic mass is 35.5. The van der Waals surface area contributed by atoms with E-state index in [0.717, 1.165) is 30.3 Å². The molecule has 2 aliphatic rings. The molecular weight excluding hydrogens is 403 g/mol. The molecule has 0 nitrogen and oxygen atoms in total. The third-order valence-corrected chi connectivity index (χ3v) is 7.68. The molecular formula is C29H34ClF. The van der Waals surface area contributed by atoms with Crippen LogP contribution < -0.4 is 0 Å². The van der Waals surface area contributed by atoms with Crippen molar-refractivity contribution >= 4 is 17.2 Å². The monoisotopic (exact) mass is 436 g/mol. The van der Waals surface area contributed by atoms with Gasteiger partial charge in [-0.2, -0.15) is 0 Å². The lowest BCUT2D eigenvalue weighted by atomic mass is 9.76. The molecule has 1 unspecified atom stereocenters. The zero-order valence-corrected chi connectivity index (χ0v) is 19.4. The van der Waals surface area contributed by atoms with Crippen LogP contribution in [0.25, 0.3) is 5.57 Å². The lowest BCUT2D eigenvalue weighted by molar-refractivity contribution is 0.298. The molecule has 31 heavy (non-hydrogen) atoms. The normalized spacial score (nSPS) is 26.0. The number of hydrogen-bond donors (Lipinski definition) is 0. The van der Waals surface area contributed by atoms with E-state index in [1.165, 1.54) is 62.1 Å². The van der Waals surface area contributed by atoms with Gasteiger partial charge in [-0.3, -0.25) is 0 Å². The third kappa shape index (κ3) is 5.69. The Morgan fingerprint density at radius 2 is 1.74 bits per heavy atom. The number of hydrogen-bond acceptors (Lipinski definition) is 0. The maximum absolute atomic E-state index is 14.1. The molecule has 2 aliphatic carbocycles. The molecule has 2 aromatic carbocycles. The topological polar surface area (TPSA) is 0 Å². The Labute approximate surface area is 192 Å². The average Bonchev–Trinajstić information content (AvgIpc) is 2.80. The van der Waals surface area contributed by atoms with Gasteiger partial charge in [0.25, 0.3) is 0 Å². The second kappa shape index (κ2) is 10.2. The maximum atomic E-state index is 14.1. The molecule has 164 valence electrons. The van der Waals surface area contributed by atoms with Gasteiger partial charge in [0, 0.05) is 5.56 Å². The molecule has 1 atom stereocenters. The van der Waals surface area contributed by atoms with Crippen molar-refractivity contribution in [1.29, 1.82) is 0 Å². The Bertz CT molecular complexity index is 918. The van der Waals surface area contributed by atoms with E-state index >= 15 is 0 Å². The van der Waals surface area contributed by atoms with Crippen LogP contribution in [0.2, 0.25) is 0 Å². The first-order valence-electron chi connectivity index (χ1n) is 12.0. The highest BCUT2D eigenvalue weighted by Crippen LogP contribution is 2.41. The highest BCUT2D eigenvalue weighted by Gasteiger charge is 2.29. The summed E-state index contributed by atoms with van der Waals surface area (Å²) in [6.45, 7) is 2.24. The second-order valence-electron chi connectivity index (χ2n) is 9.46. The molecule has 0 aliphatic heterocycles. The lowest BCUT2D eigenvalue weighted by Gasteiger charge is -2.32. The van der Waals surface area contributed by atoms with Crippen molar-refractivity contribution in [1.82, 2.24) is 0 Å². The van der Waals surface area contributed by atoms with Crippen molar-refractivity contribution in [2.45, 2.75) is 75.5 Å². The number of aryl methyl sites for hydroxylation is 1. The van der Waals surface area contributed by atoms with E-state index in [1.807, 2.05) is 18.2 Å². The van der Waals surface area contributed by atoms with Gasteiger partial charge in [0.15, 0.2) is 0 Å². The highest BCUT2D eigenvalue weighted by molar-refractivity contribution is 6.25. The Morgan fingerprint density at radius 3 is 2.39 bits per heavy atom. The zero-order valence-electron chi connectivity index (χ0n) is 18.6. The first-order chi connectivity index (χ1) is 15.1. The van der Waals surface area contributed by atoms with Gasteiger partial charge in [-0.25, -0.2) is 4.39 Å². The molecule has 0 aromatic heterocycles. The minimum Gasteiger partial charge on any atom is -0.206 e. The van der Waals surface area contributed by atoms with Gasteiger partial charge in [-0.15, -0.1) is 11.6 Å². The van der Waals surface area contributed by atoms with Crippen LogP contribution in [0, 0.1) is 11.7 Å². The standard InChI is InChI=1S/C29H34ClF/c1-2-5-22-8-12-24(13-9-22)25-14-10-23(11-15-25)16-19-29(30)20-17-26(18-21-29)27-6-3-4-7-28(27)31/h3-4,6-9,12-13,17-18,20,23,25H,2,5,10-11,14-16,19,21H2,1H3. The Morgan fingerprint density at radius 1 is 1.00 bits per heavy atom. The molecule has 1 saturated carbocycles. The largest absolute Gasteiger partial charge is 0.206 e. The summed E-state index contributed by atoms with van der Waals surface area (Å²) in [6.07, 6.45) is 16.7. The van der Waals surface area contributed by atoms with Crippen molar-refractivity contribution in [3.05, 3.63) is 89.3 Å². The van der Waals surface area contributed by atoms with Crippen LogP contribution in [0.15, 0.2) is 66.8 Å². The average molecular weight is 437 g/mol. The number of allylic oxidation sites excluding steroid dienone is 4. The van der Waals surface area contributed by atoms with Crippen LogP contribution >= 0.6 is 11.6 Å². The zero-order chi connectivity index (χ0) is 21.7. The second-order valence-corrected chi connectivity index (χ2v) is 10.2. The summed E-state index contributed by atoms with van der Waals surface area (Å²) in [6, 6.07) is 16.3. The quantitative estimate of drug-likeness (QED) is 0.380. The van der Waals surface area contributed by atoms with E-state index in [4.69, 9.17) is 11.6 Å². The minimum absolute atomic E-state index is 0.169. The van der Waals surface area contributed by atoms with Gasteiger partial charge in [-0.05, 0) is 86.0 Å². The van der Waals surface area contributed by atoms with Crippen molar-refractivity contribution in [2.24, 2.45) is 5.92 Å². The van der Waals surface area contributed by atoms with Crippen molar-refractivity contribution in [3.8, 4) is 0 Å². The van der Waals surface area contributed by atoms with Gasteiger partial charge >= 0.3 is 0 Å². The third-order valence-electron chi connectivity index (χ3n) is 7.21. The summed E-state index contributed by atoms with van der Waals surface area (Å²) < 4.78 is 14.1. The summed E-state index contributed by atoms with van der Waals surface area (Å²) in [4.78, 5) is -0.319. The molecule has 2 aromatic rings. The lowest BCUT2D eigenvalue weighted by Crippen LogP contribution is -2.22. The molecule has 0 N–H and O–H groups in total. The maximum Gasteiger partial charge on any atom is 0.131 e. The SMILES string of the molecule is CCCc1ccc(C2CCC(CCC3(Cl)C=CC(c4ccccc4F)=CC3)CC2)cc1. The molecule has 4 rings (SSSR count). The summed E-state index contributed by atoms with van der Waals surface area (Å²) in [5.41, 5.74) is 4.59. The number of benzene rings is 2.